The fourth-order valence-electron chi connectivity index (χ4n) is 1.08. The second kappa shape index (κ2) is 4.79. The van der Waals surface area contributed by atoms with E-state index in [4.69, 9.17) is 5.11 Å². The second-order valence-electron chi connectivity index (χ2n) is 3.62. The number of hydrogen-bond acceptors (Lipinski definition) is 4. The van der Waals surface area contributed by atoms with Crippen molar-refractivity contribution < 1.29 is 9.90 Å². The zero-order valence-electron chi connectivity index (χ0n) is 9.03. The van der Waals surface area contributed by atoms with Crippen LogP contribution in [0.2, 0.25) is 0 Å². The van der Waals surface area contributed by atoms with Crippen molar-refractivity contribution in [1.82, 2.24) is 15.5 Å². The minimum Gasteiger partial charge on any atom is -0.374 e. The van der Waals surface area contributed by atoms with Gasteiger partial charge in [-0.1, -0.05) is 0 Å². The lowest BCUT2D eigenvalue weighted by atomic mass is 10.3. The van der Waals surface area contributed by atoms with Crippen LogP contribution in [0.5, 0.6) is 0 Å². The molecular formula is C9H16N4O2. The number of rotatable bonds is 4. The second-order valence-corrected chi connectivity index (χ2v) is 3.62. The van der Waals surface area contributed by atoms with Crippen LogP contribution in [0.15, 0.2) is 6.07 Å². The maximum Gasteiger partial charge on any atom is 0.271 e. The maximum absolute atomic E-state index is 11.4. The zero-order valence-corrected chi connectivity index (χ0v) is 9.03. The van der Waals surface area contributed by atoms with Crippen LogP contribution in [0.3, 0.4) is 0 Å². The van der Waals surface area contributed by atoms with E-state index >= 15 is 0 Å². The molecule has 0 saturated carbocycles. The van der Waals surface area contributed by atoms with Crippen molar-refractivity contribution in [3.63, 3.8) is 0 Å². The predicted molar refractivity (Wildman–Crippen MR) is 56.5 cm³/mol. The highest BCUT2D eigenvalue weighted by Gasteiger charge is 2.11. The van der Waals surface area contributed by atoms with Gasteiger partial charge < -0.3 is 15.7 Å². The van der Waals surface area contributed by atoms with Gasteiger partial charge in [0.2, 0.25) is 0 Å². The largest absolute Gasteiger partial charge is 0.374 e. The van der Waals surface area contributed by atoms with Gasteiger partial charge in [-0.3, -0.25) is 9.89 Å². The summed E-state index contributed by atoms with van der Waals surface area (Å²) in [6.07, 6.45) is -0.873. The topological polar surface area (TPSA) is 90.0 Å². The van der Waals surface area contributed by atoms with Crippen LogP contribution in [-0.2, 0) is 0 Å². The molecule has 1 heterocycles. The SMILES string of the molecule is CC(C)Nc1cc(C(=O)N[C@@H](C)O)[nH]n1. The van der Waals surface area contributed by atoms with Crippen LogP contribution in [-0.4, -0.2) is 33.5 Å². The summed E-state index contributed by atoms with van der Waals surface area (Å²) in [5.74, 6) is 0.232. The predicted octanol–water partition coefficient (Wildman–Crippen LogP) is 0.298. The van der Waals surface area contributed by atoms with Crippen LogP contribution >= 0.6 is 0 Å². The molecule has 6 nitrogen and oxygen atoms in total. The maximum atomic E-state index is 11.4. The first-order valence-electron chi connectivity index (χ1n) is 4.80. The monoisotopic (exact) mass is 212 g/mol. The van der Waals surface area contributed by atoms with Crippen molar-refractivity contribution in [2.45, 2.75) is 33.0 Å². The minimum atomic E-state index is -0.873. The molecule has 0 bridgehead atoms. The van der Waals surface area contributed by atoms with Crippen molar-refractivity contribution in [2.24, 2.45) is 0 Å². The Hall–Kier alpha value is -1.56. The number of aromatic nitrogens is 2. The van der Waals surface area contributed by atoms with Gasteiger partial charge in [-0.15, -0.1) is 0 Å². The third-order valence-electron chi connectivity index (χ3n) is 1.60. The number of hydrogen-bond donors (Lipinski definition) is 4. The third kappa shape index (κ3) is 3.59. The Kier molecular flexibility index (Phi) is 3.68. The van der Waals surface area contributed by atoms with Gasteiger partial charge in [-0.2, -0.15) is 5.10 Å². The van der Waals surface area contributed by atoms with Gasteiger partial charge in [0.05, 0.1) is 0 Å². The molecule has 1 amide bonds. The Morgan fingerprint density at radius 3 is 2.73 bits per heavy atom. The Morgan fingerprint density at radius 2 is 2.20 bits per heavy atom. The van der Waals surface area contributed by atoms with E-state index in [9.17, 15) is 4.79 Å². The van der Waals surface area contributed by atoms with Crippen LogP contribution in [0.4, 0.5) is 5.82 Å². The Morgan fingerprint density at radius 1 is 1.53 bits per heavy atom. The van der Waals surface area contributed by atoms with Gasteiger partial charge in [0.15, 0.2) is 0 Å². The average molecular weight is 212 g/mol. The summed E-state index contributed by atoms with van der Waals surface area (Å²) < 4.78 is 0. The molecule has 4 N–H and O–H groups in total. The minimum absolute atomic E-state index is 0.251. The number of carbonyl (C=O) groups is 1. The summed E-state index contributed by atoms with van der Waals surface area (Å²) in [6, 6.07) is 1.85. The molecule has 1 atom stereocenters. The van der Waals surface area contributed by atoms with Crippen molar-refractivity contribution in [3.05, 3.63) is 11.8 Å². The number of nitrogens with zero attached hydrogens (tertiary/aromatic N) is 1. The molecule has 0 saturated heterocycles. The smallest absolute Gasteiger partial charge is 0.271 e. The van der Waals surface area contributed by atoms with E-state index in [1.807, 2.05) is 13.8 Å². The molecule has 15 heavy (non-hydrogen) atoms. The van der Waals surface area contributed by atoms with E-state index in [1.165, 1.54) is 6.92 Å². The van der Waals surface area contributed by atoms with E-state index in [0.29, 0.717) is 11.5 Å². The standard InChI is InChI=1S/C9H16N4O2/c1-5(2)10-8-4-7(12-13-8)9(15)11-6(3)14/h4-6,14H,1-3H3,(H,11,15)(H2,10,12,13)/t6-/m1/s1. The summed E-state index contributed by atoms with van der Waals surface area (Å²) in [5.41, 5.74) is 0.319. The summed E-state index contributed by atoms with van der Waals surface area (Å²) in [5, 5.41) is 20.8. The third-order valence-corrected chi connectivity index (χ3v) is 1.60. The molecule has 0 aromatic carbocycles. The normalized spacial score (nSPS) is 12.6. The molecular weight excluding hydrogens is 196 g/mol. The van der Waals surface area contributed by atoms with Gasteiger partial charge in [0.25, 0.3) is 5.91 Å². The van der Waals surface area contributed by atoms with Gasteiger partial charge in [0, 0.05) is 12.1 Å². The van der Waals surface area contributed by atoms with Gasteiger partial charge in [0.1, 0.15) is 17.7 Å². The highest BCUT2D eigenvalue weighted by Crippen LogP contribution is 2.06. The van der Waals surface area contributed by atoms with E-state index in [-0.39, 0.29) is 11.9 Å². The first kappa shape index (κ1) is 11.5. The van der Waals surface area contributed by atoms with Crippen molar-refractivity contribution >= 4 is 11.7 Å². The number of nitrogens with one attached hydrogen (secondary N) is 3. The number of anilines is 1. The first-order chi connectivity index (χ1) is 6.99. The Labute approximate surface area is 88.1 Å². The average Bonchev–Trinajstić information content (AvgIpc) is 2.50. The fraction of sp³-hybridized carbons (Fsp3) is 0.556. The lowest BCUT2D eigenvalue weighted by Crippen LogP contribution is -2.32. The van der Waals surface area contributed by atoms with E-state index in [0.717, 1.165) is 0 Å². The van der Waals surface area contributed by atoms with Gasteiger partial charge in [-0.05, 0) is 20.8 Å². The molecule has 0 aliphatic rings. The van der Waals surface area contributed by atoms with Crippen LogP contribution < -0.4 is 10.6 Å². The van der Waals surface area contributed by atoms with Crippen LogP contribution in [0, 0.1) is 0 Å². The first-order valence-corrected chi connectivity index (χ1v) is 4.80. The summed E-state index contributed by atoms with van der Waals surface area (Å²) in [6.45, 7) is 5.43. The molecule has 84 valence electrons. The molecule has 1 aromatic rings. The summed E-state index contributed by atoms with van der Waals surface area (Å²) in [4.78, 5) is 11.4. The fourth-order valence-corrected chi connectivity index (χ4v) is 1.08. The highest BCUT2D eigenvalue weighted by atomic mass is 16.3. The van der Waals surface area contributed by atoms with E-state index in [1.54, 1.807) is 6.07 Å². The Bertz CT molecular complexity index is 333. The lowest BCUT2D eigenvalue weighted by Gasteiger charge is -2.05. The van der Waals surface area contributed by atoms with Crippen molar-refractivity contribution in [2.75, 3.05) is 5.32 Å². The van der Waals surface area contributed by atoms with E-state index in [2.05, 4.69) is 20.8 Å². The summed E-state index contributed by atoms with van der Waals surface area (Å²) >= 11 is 0. The van der Waals surface area contributed by atoms with E-state index < -0.39 is 6.23 Å². The molecule has 0 unspecified atom stereocenters. The number of aliphatic hydroxyl groups is 1. The quantitative estimate of drug-likeness (QED) is 0.540. The van der Waals surface area contributed by atoms with Crippen LogP contribution in [0.1, 0.15) is 31.3 Å². The molecule has 6 heteroatoms. The molecule has 0 spiro atoms. The van der Waals surface area contributed by atoms with Crippen LogP contribution in [0.25, 0.3) is 0 Å². The molecule has 0 radical (unpaired) electrons. The van der Waals surface area contributed by atoms with Crippen molar-refractivity contribution in [3.8, 4) is 0 Å². The highest BCUT2D eigenvalue weighted by molar-refractivity contribution is 5.93. The molecule has 1 aromatic heterocycles. The van der Waals surface area contributed by atoms with Gasteiger partial charge in [-0.25, -0.2) is 0 Å². The number of amides is 1. The molecule has 0 fully saturated rings. The molecule has 1 rings (SSSR count). The number of aromatic amines is 1. The summed E-state index contributed by atoms with van der Waals surface area (Å²) in [7, 11) is 0. The number of H-pyrrole nitrogens is 1. The zero-order chi connectivity index (χ0) is 11.4. The lowest BCUT2D eigenvalue weighted by molar-refractivity contribution is 0.0813. The number of aliphatic hydroxyl groups excluding tert-OH is 1. The van der Waals surface area contributed by atoms with Gasteiger partial charge >= 0.3 is 0 Å². The van der Waals surface area contributed by atoms with Crippen molar-refractivity contribution in [1.29, 1.82) is 0 Å². The Balaban J connectivity index is 2.63. The number of carbonyl (C=O) groups excluding carboxylic acids is 1. The molecule has 0 aliphatic carbocycles. The molecule has 0 aliphatic heterocycles.